The Hall–Kier alpha value is -3.30. The lowest BCUT2D eigenvalue weighted by molar-refractivity contribution is -0.127. The van der Waals surface area contributed by atoms with Gasteiger partial charge in [-0.3, -0.25) is 19.3 Å². The van der Waals surface area contributed by atoms with E-state index in [1.807, 2.05) is 6.92 Å². The van der Waals surface area contributed by atoms with Gasteiger partial charge in [-0.1, -0.05) is 23.7 Å². The summed E-state index contributed by atoms with van der Waals surface area (Å²) < 4.78 is 10.0. The van der Waals surface area contributed by atoms with Gasteiger partial charge in [0.25, 0.3) is 11.1 Å². The standard InChI is InChI=1S/C22H19ClN2O6S/c1-3-31-15-7-4-13(5-8-15)10-18-20(27)25(22(29)32-18)12-19(26)24-14-6-9-17(23)16(11-14)21(28)30-2/h4-11H,3,12H2,1-2H3,(H,24,26)/b18-10+. The number of ether oxygens (including phenoxy) is 2. The Morgan fingerprint density at radius 1 is 1.16 bits per heavy atom. The van der Waals surface area contributed by atoms with Crippen LogP contribution in [0, 0.1) is 0 Å². The average molecular weight is 475 g/mol. The predicted molar refractivity (Wildman–Crippen MR) is 122 cm³/mol. The van der Waals surface area contributed by atoms with Crippen LogP contribution in [0.4, 0.5) is 10.5 Å². The average Bonchev–Trinajstić information content (AvgIpc) is 3.03. The van der Waals surface area contributed by atoms with Gasteiger partial charge in [-0.25, -0.2) is 4.79 Å². The Labute approximate surface area is 193 Å². The number of methoxy groups -OCH3 is 1. The van der Waals surface area contributed by atoms with Gasteiger partial charge in [0.05, 0.1) is 29.2 Å². The first-order valence-corrected chi connectivity index (χ1v) is 10.7. The van der Waals surface area contributed by atoms with E-state index in [1.165, 1.54) is 25.3 Å². The fourth-order valence-electron chi connectivity index (χ4n) is 2.83. The second-order valence-corrected chi connectivity index (χ2v) is 7.90. The van der Waals surface area contributed by atoms with Gasteiger partial charge in [0.1, 0.15) is 12.3 Å². The monoisotopic (exact) mass is 474 g/mol. The molecule has 1 heterocycles. The third-order valence-electron chi connectivity index (χ3n) is 4.32. The number of imide groups is 1. The summed E-state index contributed by atoms with van der Waals surface area (Å²) in [5.41, 5.74) is 1.08. The molecule has 0 radical (unpaired) electrons. The van der Waals surface area contributed by atoms with E-state index in [0.29, 0.717) is 12.4 Å². The normalized spacial score (nSPS) is 14.6. The van der Waals surface area contributed by atoms with Crippen molar-refractivity contribution in [1.29, 1.82) is 0 Å². The molecule has 166 valence electrons. The summed E-state index contributed by atoms with van der Waals surface area (Å²) in [6.07, 6.45) is 1.58. The number of anilines is 1. The van der Waals surface area contributed by atoms with Gasteiger partial charge in [0.2, 0.25) is 5.91 Å². The number of halogens is 1. The van der Waals surface area contributed by atoms with E-state index in [1.54, 1.807) is 30.3 Å². The second kappa shape index (κ2) is 10.3. The fraction of sp³-hybridized carbons (Fsp3) is 0.182. The van der Waals surface area contributed by atoms with Crippen LogP contribution in [0.25, 0.3) is 6.08 Å². The summed E-state index contributed by atoms with van der Waals surface area (Å²) in [5.74, 6) is -1.12. The van der Waals surface area contributed by atoms with Crippen LogP contribution in [0.2, 0.25) is 5.02 Å². The van der Waals surface area contributed by atoms with Crippen LogP contribution < -0.4 is 10.1 Å². The first-order valence-electron chi connectivity index (χ1n) is 9.48. The molecule has 0 bridgehead atoms. The maximum absolute atomic E-state index is 12.6. The number of hydrogen-bond donors (Lipinski definition) is 1. The minimum absolute atomic E-state index is 0.0800. The Bertz CT molecular complexity index is 1100. The highest BCUT2D eigenvalue weighted by molar-refractivity contribution is 8.18. The number of carbonyl (C=O) groups excluding carboxylic acids is 4. The van der Waals surface area contributed by atoms with Gasteiger partial charge < -0.3 is 14.8 Å². The molecule has 0 saturated carbocycles. The summed E-state index contributed by atoms with van der Waals surface area (Å²) in [4.78, 5) is 50.1. The molecule has 2 aromatic rings. The lowest BCUT2D eigenvalue weighted by atomic mass is 10.2. The van der Waals surface area contributed by atoms with Gasteiger partial charge in [-0.15, -0.1) is 0 Å². The minimum atomic E-state index is -0.656. The minimum Gasteiger partial charge on any atom is -0.494 e. The Morgan fingerprint density at radius 3 is 2.53 bits per heavy atom. The van der Waals surface area contributed by atoms with E-state index in [4.69, 9.17) is 16.3 Å². The highest BCUT2D eigenvalue weighted by Crippen LogP contribution is 2.32. The van der Waals surface area contributed by atoms with Crippen molar-refractivity contribution < 1.29 is 28.7 Å². The van der Waals surface area contributed by atoms with Crippen molar-refractivity contribution in [2.75, 3.05) is 25.6 Å². The molecule has 10 heteroatoms. The molecule has 1 aliphatic heterocycles. The van der Waals surface area contributed by atoms with Crippen molar-refractivity contribution in [2.24, 2.45) is 0 Å². The number of thioether (sulfide) groups is 1. The topological polar surface area (TPSA) is 102 Å². The van der Waals surface area contributed by atoms with Gasteiger partial charge >= 0.3 is 5.97 Å². The highest BCUT2D eigenvalue weighted by Gasteiger charge is 2.36. The van der Waals surface area contributed by atoms with E-state index in [-0.39, 0.29) is 21.2 Å². The lowest BCUT2D eigenvalue weighted by Crippen LogP contribution is -2.36. The third kappa shape index (κ3) is 5.49. The largest absolute Gasteiger partial charge is 0.494 e. The Morgan fingerprint density at radius 2 is 1.88 bits per heavy atom. The van der Waals surface area contributed by atoms with Crippen molar-refractivity contribution in [3.05, 3.63) is 63.5 Å². The summed E-state index contributed by atoms with van der Waals surface area (Å²) >= 11 is 6.72. The number of esters is 1. The molecule has 1 aliphatic rings. The van der Waals surface area contributed by atoms with E-state index >= 15 is 0 Å². The fourth-order valence-corrected chi connectivity index (χ4v) is 3.86. The summed E-state index contributed by atoms with van der Waals surface area (Å²) in [7, 11) is 1.21. The van der Waals surface area contributed by atoms with Crippen LogP contribution in [0.15, 0.2) is 47.4 Å². The zero-order chi connectivity index (χ0) is 23.3. The van der Waals surface area contributed by atoms with Crippen LogP contribution in [0.1, 0.15) is 22.8 Å². The van der Waals surface area contributed by atoms with E-state index < -0.39 is 29.6 Å². The molecule has 2 aromatic carbocycles. The van der Waals surface area contributed by atoms with Crippen LogP contribution in [-0.4, -0.2) is 48.2 Å². The zero-order valence-electron chi connectivity index (χ0n) is 17.2. The van der Waals surface area contributed by atoms with Crippen molar-refractivity contribution in [1.82, 2.24) is 4.90 Å². The summed E-state index contributed by atoms with van der Waals surface area (Å²) in [6, 6.07) is 11.3. The van der Waals surface area contributed by atoms with Gasteiger partial charge in [-0.05, 0) is 60.7 Å². The quantitative estimate of drug-likeness (QED) is 0.474. The molecular formula is C22H19ClN2O6S. The second-order valence-electron chi connectivity index (χ2n) is 6.50. The maximum Gasteiger partial charge on any atom is 0.339 e. The molecule has 8 nitrogen and oxygen atoms in total. The SMILES string of the molecule is CCOc1ccc(/C=C2/SC(=O)N(CC(=O)Nc3ccc(Cl)c(C(=O)OC)c3)C2=O)cc1. The molecule has 0 aliphatic carbocycles. The summed E-state index contributed by atoms with van der Waals surface area (Å²) in [6.45, 7) is 1.95. The molecule has 0 atom stereocenters. The van der Waals surface area contributed by atoms with Crippen LogP contribution in [0.3, 0.4) is 0 Å². The van der Waals surface area contributed by atoms with E-state index in [0.717, 1.165) is 22.2 Å². The molecule has 0 unspecified atom stereocenters. The zero-order valence-corrected chi connectivity index (χ0v) is 18.8. The third-order valence-corrected chi connectivity index (χ3v) is 5.56. The molecule has 3 rings (SSSR count). The number of nitrogens with one attached hydrogen (secondary N) is 1. The van der Waals surface area contributed by atoms with Crippen molar-refractivity contribution >= 4 is 58.1 Å². The van der Waals surface area contributed by atoms with Gasteiger partial charge in [-0.2, -0.15) is 0 Å². The predicted octanol–water partition coefficient (Wildman–Crippen LogP) is 4.20. The van der Waals surface area contributed by atoms with E-state index in [2.05, 4.69) is 10.1 Å². The smallest absolute Gasteiger partial charge is 0.339 e. The van der Waals surface area contributed by atoms with Crippen LogP contribution in [-0.2, 0) is 14.3 Å². The molecule has 1 saturated heterocycles. The first-order chi connectivity index (χ1) is 15.3. The summed E-state index contributed by atoms with van der Waals surface area (Å²) in [5, 5.41) is 2.16. The van der Waals surface area contributed by atoms with Gasteiger partial charge in [0, 0.05) is 5.69 Å². The van der Waals surface area contributed by atoms with Crippen molar-refractivity contribution in [3.8, 4) is 5.75 Å². The van der Waals surface area contributed by atoms with Crippen LogP contribution in [0.5, 0.6) is 5.75 Å². The van der Waals surface area contributed by atoms with Gasteiger partial charge in [0.15, 0.2) is 0 Å². The number of benzene rings is 2. The van der Waals surface area contributed by atoms with Crippen LogP contribution >= 0.6 is 23.4 Å². The van der Waals surface area contributed by atoms with E-state index in [9.17, 15) is 19.2 Å². The number of carbonyl (C=O) groups is 4. The number of hydrogen-bond acceptors (Lipinski definition) is 7. The number of nitrogens with zero attached hydrogens (tertiary/aromatic N) is 1. The van der Waals surface area contributed by atoms with Crippen molar-refractivity contribution in [2.45, 2.75) is 6.92 Å². The molecular weight excluding hydrogens is 456 g/mol. The lowest BCUT2D eigenvalue weighted by Gasteiger charge is -2.13. The molecule has 1 fully saturated rings. The Kier molecular flexibility index (Phi) is 7.55. The molecule has 0 aromatic heterocycles. The highest BCUT2D eigenvalue weighted by atomic mass is 35.5. The molecule has 0 spiro atoms. The Balaban J connectivity index is 1.67. The van der Waals surface area contributed by atoms with Crippen molar-refractivity contribution in [3.63, 3.8) is 0 Å². The number of rotatable bonds is 7. The molecule has 1 N–H and O–H groups in total. The molecule has 32 heavy (non-hydrogen) atoms. The number of amides is 3. The first kappa shape index (κ1) is 23.4. The molecule has 3 amide bonds. The maximum atomic E-state index is 12.6.